The van der Waals surface area contributed by atoms with Crippen LogP contribution < -0.4 is 5.73 Å². The molecule has 102 valence electrons. The molecular weight excluding hydrogens is 210 g/mol. The quantitative estimate of drug-likeness (QED) is 0.769. The molecule has 3 nitrogen and oxygen atoms in total. The molecule has 3 heteroatoms. The van der Waals surface area contributed by atoms with Gasteiger partial charge in [0.25, 0.3) is 0 Å². The minimum Gasteiger partial charge on any atom is -0.329 e. The SMILES string of the molecule is CCC(C)CC(CC)N1CCN(C)CC1CN. The van der Waals surface area contributed by atoms with Crippen molar-refractivity contribution in [3.05, 3.63) is 0 Å². The van der Waals surface area contributed by atoms with Gasteiger partial charge in [-0.2, -0.15) is 0 Å². The highest BCUT2D eigenvalue weighted by Crippen LogP contribution is 2.21. The zero-order valence-electron chi connectivity index (χ0n) is 12.2. The van der Waals surface area contributed by atoms with Gasteiger partial charge in [0.15, 0.2) is 0 Å². The fourth-order valence-corrected chi connectivity index (χ4v) is 2.88. The third-order valence-electron chi connectivity index (χ3n) is 4.32. The van der Waals surface area contributed by atoms with Crippen molar-refractivity contribution in [1.82, 2.24) is 9.80 Å². The molecule has 1 aliphatic rings. The molecule has 2 N–H and O–H groups in total. The highest BCUT2D eigenvalue weighted by atomic mass is 15.3. The lowest BCUT2D eigenvalue weighted by atomic mass is 9.94. The van der Waals surface area contributed by atoms with Crippen molar-refractivity contribution in [3.8, 4) is 0 Å². The highest BCUT2D eigenvalue weighted by molar-refractivity contribution is 4.86. The van der Waals surface area contributed by atoms with Crippen LogP contribution in [0.3, 0.4) is 0 Å². The molecule has 3 unspecified atom stereocenters. The van der Waals surface area contributed by atoms with Crippen LogP contribution in [0.25, 0.3) is 0 Å². The van der Waals surface area contributed by atoms with Crippen LogP contribution in [0, 0.1) is 5.92 Å². The molecule has 17 heavy (non-hydrogen) atoms. The average Bonchev–Trinajstić information content (AvgIpc) is 2.35. The minimum absolute atomic E-state index is 0.558. The van der Waals surface area contributed by atoms with Gasteiger partial charge in [-0.15, -0.1) is 0 Å². The molecular formula is C14H31N3. The maximum Gasteiger partial charge on any atom is 0.0349 e. The predicted molar refractivity (Wildman–Crippen MR) is 75.2 cm³/mol. The Morgan fingerprint density at radius 2 is 1.94 bits per heavy atom. The lowest BCUT2D eigenvalue weighted by Crippen LogP contribution is -2.58. The second-order valence-corrected chi connectivity index (χ2v) is 5.70. The van der Waals surface area contributed by atoms with E-state index in [1.165, 1.54) is 32.4 Å². The summed E-state index contributed by atoms with van der Waals surface area (Å²) in [5.41, 5.74) is 5.94. The Labute approximate surface area is 107 Å². The number of hydrogen-bond donors (Lipinski definition) is 1. The maximum atomic E-state index is 5.94. The second-order valence-electron chi connectivity index (χ2n) is 5.70. The first-order valence-corrected chi connectivity index (χ1v) is 7.26. The van der Waals surface area contributed by atoms with Crippen molar-refractivity contribution >= 4 is 0 Å². The van der Waals surface area contributed by atoms with Crippen LogP contribution in [-0.4, -0.2) is 55.1 Å². The normalized spacial score (nSPS) is 27.0. The third-order valence-corrected chi connectivity index (χ3v) is 4.32. The van der Waals surface area contributed by atoms with Crippen molar-refractivity contribution in [2.75, 3.05) is 33.2 Å². The number of hydrogen-bond acceptors (Lipinski definition) is 3. The van der Waals surface area contributed by atoms with E-state index in [0.29, 0.717) is 6.04 Å². The smallest absolute Gasteiger partial charge is 0.0349 e. The first-order valence-electron chi connectivity index (χ1n) is 7.26. The lowest BCUT2D eigenvalue weighted by molar-refractivity contribution is 0.0450. The molecule has 3 atom stereocenters. The monoisotopic (exact) mass is 241 g/mol. The van der Waals surface area contributed by atoms with Crippen LogP contribution in [0.1, 0.15) is 40.0 Å². The summed E-state index contributed by atoms with van der Waals surface area (Å²) >= 11 is 0. The van der Waals surface area contributed by atoms with Crippen LogP contribution in [0.4, 0.5) is 0 Å². The van der Waals surface area contributed by atoms with Gasteiger partial charge in [-0.25, -0.2) is 0 Å². The molecule has 0 aromatic heterocycles. The fourth-order valence-electron chi connectivity index (χ4n) is 2.88. The van der Waals surface area contributed by atoms with E-state index in [0.717, 1.165) is 25.0 Å². The fraction of sp³-hybridized carbons (Fsp3) is 1.00. The largest absolute Gasteiger partial charge is 0.329 e. The lowest BCUT2D eigenvalue weighted by Gasteiger charge is -2.44. The molecule has 1 aliphatic heterocycles. The summed E-state index contributed by atoms with van der Waals surface area (Å²) < 4.78 is 0. The molecule has 0 bridgehead atoms. The van der Waals surface area contributed by atoms with Gasteiger partial charge >= 0.3 is 0 Å². The Morgan fingerprint density at radius 3 is 2.47 bits per heavy atom. The number of piperazine rings is 1. The first-order chi connectivity index (χ1) is 8.12. The number of likely N-dealkylation sites (N-methyl/N-ethyl adjacent to an activating group) is 1. The second kappa shape index (κ2) is 7.34. The molecule has 0 spiro atoms. The Bertz CT molecular complexity index is 208. The summed E-state index contributed by atoms with van der Waals surface area (Å²) in [6, 6.07) is 1.29. The van der Waals surface area contributed by atoms with E-state index < -0.39 is 0 Å². The zero-order chi connectivity index (χ0) is 12.8. The van der Waals surface area contributed by atoms with Gasteiger partial charge in [0.2, 0.25) is 0 Å². The van der Waals surface area contributed by atoms with Crippen molar-refractivity contribution in [3.63, 3.8) is 0 Å². The van der Waals surface area contributed by atoms with E-state index in [2.05, 4.69) is 37.6 Å². The van der Waals surface area contributed by atoms with E-state index in [1.807, 2.05) is 0 Å². The van der Waals surface area contributed by atoms with Crippen molar-refractivity contribution in [2.45, 2.75) is 52.1 Å². The molecule has 0 aromatic rings. The molecule has 0 saturated carbocycles. The molecule has 1 fully saturated rings. The Hall–Kier alpha value is -0.120. The molecule has 0 amide bonds. The van der Waals surface area contributed by atoms with Crippen LogP contribution in [0.15, 0.2) is 0 Å². The Balaban J connectivity index is 2.59. The number of rotatable bonds is 6. The number of nitrogens with zero attached hydrogens (tertiary/aromatic N) is 2. The van der Waals surface area contributed by atoms with Gasteiger partial charge < -0.3 is 10.6 Å². The van der Waals surface area contributed by atoms with Gasteiger partial charge in [-0.1, -0.05) is 27.2 Å². The molecule has 1 saturated heterocycles. The molecule has 1 rings (SSSR count). The van der Waals surface area contributed by atoms with Crippen molar-refractivity contribution in [2.24, 2.45) is 11.7 Å². The van der Waals surface area contributed by atoms with Gasteiger partial charge in [0, 0.05) is 38.3 Å². The Kier molecular flexibility index (Phi) is 6.45. The van der Waals surface area contributed by atoms with Crippen LogP contribution in [0.2, 0.25) is 0 Å². The predicted octanol–water partition coefficient (Wildman–Crippen LogP) is 1.78. The van der Waals surface area contributed by atoms with Crippen LogP contribution >= 0.6 is 0 Å². The number of nitrogens with two attached hydrogens (primary N) is 1. The summed E-state index contributed by atoms with van der Waals surface area (Å²) in [4.78, 5) is 5.08. The van der Waals surface area contributed by atoms with Gasteiger partial charge in [0.05, 0.1) is 0 Å². The van der Waals surface area contributed by atoms with E-state index >= 15 is 0 Å². The van der Waals surface area contributed by atoms with E-state index in [9.17, 15) is 0 Å². The van der Waals surface area contributed by atoms with E-state index in [1.54, 1.807) is 0 Å². The average molecular weight is 241 g/mol. The van der Waals surface area contributed by atoms with Crippen LogP contribution in [-0.2, 0) is 0 Å². The summed E-state index contributed by atoms with van der Waals surface area (Å²) in [7, 11) is 2.20. The van der Waals surface area contributed by atoms with Crippen LogP contribution in [0.5, 0.6) is 0 Å². The Morgan fingerprint density at radius 1 is 1.24 bits per heavy atom. The zero-order valence-corrected chi connectivity index (χ0v) is 12.2. The summed E-state index contributed by atoms with van der Waals surface area (Å²) in [6.07, 6.45) is 3.87. The third kappa shape index (κ3) is 4.23. The van der Waals surface area contributed by atoms with E-state index in [-0.39, 0.29) is 0 Å². The first kappa shape index (κ1) is 14.9. The van der Waals surface area contributed by atoms with E-state index in [4.69, 9.17) is 5.73 Å². The molecule has 0 radical (unpaired) electrons. The van der Waals surface area contributed by atoms with Gasteiger partial charge in [-0.05, 0) is 25.8 Å². The van der Waals surface area contributed by atoms with Crippen molar-refractivity contribution < 1.29 is 0 Å². The molecule has 0 aliphatic carbocycles. The maximum absolute atomic E-state index is 5.94. The highest BCUT2D eigenvalue weighted by Gasteiger charge is 2.29. The summed E-state index contributed by atoms with van der Waals surface area (Å²) in [5, 5.41) is 0. The minimum atomic E-state index is 0.558. The summed E-state index contributed by atoms with van der Waals surface area (Å²) in [6.45, 7) is 11.3. The van der Waals surface area contributed by atoms with Gasteiger partial charge in [-0.3, -0.25) is 4.90 Å². The topological polar surface area (TPSA) is 32.5 Å². The summed E-state index contributed by atoms with van der Waals surface area (Å²) in [5.74, 6) is 0.832. The standard InChI is InChI=1S/C14H31N3/c1-5-12(3)9-13(6-2)17-8-7-16(4)11-14(17)10-15/h12-14H,5-11,15H2,1-4H3. The molecule has 1 heterocycles. The van der Waals surface area contributed by atoms with Crippen molar-refractivity contribution in [1.29, 1.82) is 0 Å². The molecule has 0 aromatic carbocycles. The van der Waals surface area contributed by atoms with Gasteiger partial charge in [0.1, 0.15) is 0 Å².